The van der Waals surface area contributed by atoms with E-state index in [0.717, 1.165) is 18.5 Å². The molecule has 0 aromatic carbocycles. The molecule has 1 aromatic heterocycles. The molecule has 0 fully saturated rings. The van der Waals surface area contributed by atoms with Gasteiger partial charge in [0, 0.05) is 13.2 Å². The Hall–Kier alpha value is -0.900. The maximum absolute atomic E-state index is 10.8. The second kappa shape index (κ2) is 3.48. The molecule has 1 heterocycles. The Morgan fingerprint density at radius 2 is 2.36 bits per heavy atom. The van der Waals surface area contributed by atoms with Crippen molar-refractivity contribution in [3.63, 3.8) is 0 Å². The van der Waals surface area contributed by atoms with Gasteiger partial charge in [0.2, 0.25) is 0 Å². The number of hydrogen-bond acceptors (Lipinski definition) is 2. The third-order valence-corrected chi connectivity index (χ3v) is 1.54. The van der Waals surface area contributed by atoms with E-state index in [-0.39, 0.29) is 6.99 Å². The monoisotopic (exact) mass is 172 g/mol. The van der Waals surface area contributed by atoms with Crippen molar-refractivity contribution in [1.29, 1.82) is 0 Å². The summed E-state index contributed by atoms with van der Waals surface area (Å²) in [7, 11) is 0. The van der Waals surface area contributed by atoms with Crippen LogP contribution < -0.4 is 5.56 Å². The fourth-order valence-corrected chi connectivity index (χ4v) is 1.16. The van der Waals surface area contributed by atoms with Crippen molar-refractivity contribution in [2.24, 2.45) is 0 Å². The van der Waals surface area contributed by atoms with Gasteiger partial charge in [-0.3, -0.25) is 9.78 Å². The zero-order chi connectivity index (χ0) is 8.27. The molecule has 0 aliphatic carbocycles. The van der Waals surface area contributed by atoms with E-state index in [2.05, 4.69) is 16.9 Å². The van der Waals surface area contributed by atoms with Crippen molar-refractivity contribution in [2.45, 2.75) is 19.8 Å². The number of rotatable bonds is 2. The molecule has 1 rings (SSSR count). The normalized spacial score (nSPS) is 9.91. The molecule has 0 unspecified atom stereocenters. The van der Waals surface area contributed by atoms with E-state index in [1.54, 1.807) is 6.07 Å². The van der Waals surface area contributed by atoms with Gasteiger partial charge in [0.1, 0.15) is 0 Å². The summed E-state index contributed by atoms with van der Waals surface area (Å²) in [5, 5.41) is 0. The molecule has 11 heavy (non-hydrogen) atoms. The minimum absolute atomic E-state index is 0. The van der Waals surface area contributed by atoms with Gasteiger partial charge in [-0.05, 0) is 18.6 Å². The Morgan fingerprint density at radius 1 is 1.64 bits per heavy atom. The minimum Gasteiger partial charge on any atom is -0.336 e. The Balaban J connectivity index is 0.00000121. The van der Waals surface area contributed by atoms with Crippen LogP contribution in [0.25, 0.3) is 0 Å². The zero-order valence-electron chi connectivity index (χ0n) is 6.31. The molecule has 62 valence electrons. The van der Waals surface area contributed by atoms with Crippen molar-refractivity contribution in [2.75, 3.05) is 0 Å². The van der Waals surface area contributed by atoms with Crippen LogP contribution in [0.15, 0.2) is 10.9 Å². The van der Waals surface area contributed by atoms with E-state index in [4.69, 9.17) is 12.2 Å². The average Bonchev–Trinajstić information content (AvgIpc) is 1.85. The summed E-state index contributed by atoms with van der Waals surface area (Å²) < 4.78 is 0.404. The molecular weight excluding hydrogens is 160 g/mol. The molecule has 0 aliphatic rings. The highest BCUT2D eigenvalue weighted by Gasteiger charge is 1.91. The fourth-order valence-electron chi connectivity index (χ4n) is 0.923. The van der Waals surface area contributed by atoms with Crippen LogP contribution in [0.5, 0.6) is 0 Å². The molecule has 0 saturated carbocycles. The highest BCUT2D eigenvalue weighted by atomic mass is 32.1. The lowest BCUT2D eigenvalue weighted by Crippen LogP contribution is -2.08. The molecule has 0 spiro atoms. The van der Waals surface area contributed by atoms with Gasteiger partial charge in [0.15, 0.2) is 4.77 Å². The smallest absolute Gasteiger partial charge is 0.251 e. The van der Waals surface area contributed by atoms with Crippen LogP contribution in [-0.4, -0.2) is 9.97 Å². The van der Waals surface area contributed by atoms with E-state index in [9.17, 15) is 4.79 Å². The van der Waals surface area contributed by atoms with E-state index in [1.165, 1.54) is 0 Å². The number of nitrogens with one attached hydrogen (secondary N) is 2. The average molecular weight is 172 g/mol. The molecule has 0 atom stereocenters. The van der Waals surface area contributed by atoms with Crippen molar-refractivity contribution < 1.29 is 1.43 Å². The van der Waals surface area contributed by atoms with Gasteiger partial charge in [0.25, 0.3) is 5.56 Å². The largest absolute Gasteiger partial charge is 0.336 e. The maximum atomic E-state index is 10.8. The second-order valence-electron chi connectivity index (χ2n) is 2.36. The SMILES string of the molecule is CCCc1cc(=O)[nH]c(=S)[nH]1.[HH]. The number of aryl methyl sites for hydroxylation is 1. The molecule has 4 heteroatoms. The summed E-state index contributed by atoms with van der Waals surface area (Å²) >= 11 is 4.79. The molecule has 0 saturated heterocycles. The predicted octanol–water partition coefficient (Wildman–Crippen LogP) is 1.63. The van der Waals surface area contributed by atoms with Crippen LogP contribution in [0.2, 0.25) is 0 Å². The van der Waals surface area contributed by atoms with Gasteiger partial charge in [-0.2, -0.15) is 0 Å². The Morgan fingerprint density at radius 3 is 2.91 bits per heavy atom. The molecular formula is C7H12N2OS. The summed E-state index contributed by atoms with van der Waals surface area (Å²) in [4.78, 5) is 16.2. The topological polar surface area (TPSA) is 48.6 Å². The molecule has 1 aromatic rings. The summed E-state index contributed by atoms with van der Waals surface area (Å²) in [5.41, 5.74) is 0.776. The highest BCUT2D eigenvalue weighted by Crippen LogP contribution is 1.93. The van der Waals surface area contributed by atoms with E-state index in [1.807, 2.05) is 0 Å². The minimum atomic E-state index is -0.128. The molecule has 0 amide bonds. The first-order chi connectivity index (χ1) is 5.22. The van der Waals surface area contributed by atoms with E-state index < -0.39 is 0 Å². The third kappa shape index (κ3) is 2.31. The van der Waals surface area contributed by atoms with Crippen LogP contribution in [-0.2, 0) is 6.42 Å². The molecule has 0 aliphatic heterocycles. The quantitative estimate of drug-likeness (QED) is 0.666. The standard InChI is InChI=1S/C7H10N2OS.H2/c1-2-3-5-4-6(10)9-7(11)8-5;/h4H,2-3H2,1H3,(H2,8,9,10,11);1H. The number of aromatic amines is 2. The van der Waals surface area contributed by atoms with Crippen molar-refractivity contribution in [1.82, 2.24) is 9.97 Å². The van der Waals surface area contributed by atoms with Crippen molar-refractivity contribution in [3.05, 3.63) is 26.9 Å². The Labute approximate surface area is 71.0 Å². The van der Waals surface area contributed by atoms with E-state index >= 15 is 0 Å². The van der Waals surface area contributed by atoms with Crippen LogP contribution in [0, 0.1) is 4.77 Å². The highest BCUT2D eigenvalue weighted by molar-refractivity contribution is 7.71. The van der Waals surface area contributed by atoms with Gasteiger partial charge >= 0.3 is 0 Å². The van der Waals surface area contributed by atoms with Crippen LogP contribution in [0.4, 0.5) is 0 Å². The van der Waals surface area contributed by atoms with E-state index in [0.29, 0.717) is 4.77 Å². The zero-order valence-corrected chi connectivity index (χ0v) is 7.12. The predicted molar refractivity (Wildman–Crippen MR) is 48.4 cm³/mol. The molecule has 0 bridgehead atoms. The van der Waals surface area contributed by atoms with Crippen LogP contribution in [0.1, 0.15) is 20.5 Å². The van der Waals surface area contributed by atoms with Gasteiger partial charge in [-0.25, -0.2) is 0 Å². The lowest BCUT2D eigenvalue weighted by Gasteiger charge is -1.95. The third-order valence-electron chi connectivity index (χ3n) is 1.34. The maximum Gasteiger partial charge on any atom is 0.251 e. The summed E-state index contributed by atoms with van der Waals surface area (Å²) in [6, 6.07) is 1.54. The first-order valence-corrected chi connectivity index (χ1v) is 3.95. The molecule has 2 N–H and O–H groups in total. The molecule has 3 nitrogen and oxygen atoms in total. The lowest BCUT2D eigenvalue weighted by molar-refractivity contribution is 0.861. The number of aromatic nitrogens is 2. The Kier molecular flexibility index (Phi) is 2.59. The molecule has 0 radical (unpaired) electrons. The van der Waals surface area contributed by atoms with Crippen molar-refractivity contribution >= 4 is 12.2 Å². The summed E-state index contributed by atoms with van der Waals surface area (Å²) in [6.45, 7) is 2.05. The fraction of sp³-hybridized carbons (Fsp3) is 0.429. The first-order valence-electron chi connectivity index (χ1n) is 3.55. The summed E-state index contributed by atoms with van der Waals surface area (Å²) in [6.07, 6.45) is 1.88. The second-order valence-corrected chi connectivity index (χ2v) is 2.77. The van der Waals surface area contributed by atoms with Gasteiger partial charge in [-0.15, -0.1) is 0 Å². The van der Waals surface area contributed by atoms with Crippen LogP contribution >= 0.6 is 12.2 Å². The Bertz CT molecular complexity index is 315. The number of H-pyrrole nitrogens is 2. The summed E-state index contributed by atoms with van der Waals surface area (Å²) in [5.74, 6) is 0. The van der Waals surface area contributed by atoms with Crippen LogP contribution in [0.3, 0.4) is 0 Å². The van der Waals surface area contributed by atoms with Crippen molar-refractivity contribution in [3.8, 4) is 0 Å². The number of hydrogen-bond donors (Lipinski definition) is 2. The first kappa shape index (κ1) is 8.20. The van der Waals surface area contributed by atoms with Gasteiger partial charge in [0.05, 0.1) is 0 Å². The lowest BCUT2D eigenvalue weighted by atomic mass is 10.2. The van der Waals surface area contributed by atoms with Gasteiger partial charge < -0.3 is 4.98 Å². The van der Waals surface area contributed by atoms with Gasteiger partial charge in [-0.1, -0.05) is 13.3 Å².